The largest absolute Gasteiger partial charge is 0.490 e. The van der Waals surface area contributed by atoms with Crippen LogP contribution in [0.15, 0.2) is 29.4 Å². The molecule has 1 aromatic rings. The van der Waals surface area contributed by atoms with Crippen LogP contribution in [0, 0.1) is 0 Å². The molecular weight excluding hydrogens is 304 g/mol. The Morgan fingerprint density at radius 2 is 1.96 bits per heavy atom. The molecule has 2 unspecified atom stereocenters. The van der Waals surface area contributed by atoms with Gasteiger partial charge in [-0.2, -0.15) is 0 Å². The molecule has 0 saturated carbocycles. The summed E-state index contributed by atoms with van der Waals surface area (Å²) in [5, 5.41) is 3.94. The minimum atomic E-state index is -0.0294. The maximum absolute atomic E-state index is 12.3. The molecule has 0 aromatic heterocycles. The van der Waals surface area contributed by atoms with Crippen molar-refractivity contribution < 1.29 is 14.4 Å². The average Bonchev–Trinajstić information content (AvgIpc) is 2.52. The van der Waals surface area contributed by atoms with Crippen molar-refractivity contribution in [3.8, 4) is 5.75 Å². The van der Waals surface area contributed by atoms with E-state index in [4.69, 9.17) is 9.57 Å². The number of oxime groups is 1. The zero-order valence-corrected chi connectivity index (χ0v) is 15.1. The number of nitrogens with zero attached hydrogens (tertiary/aromatic N) is 2. The summed E-state index contributed by atoms with van der Waals surface area (Å²) in [6, 6.07) is 8.17. The Morgan fingerprint density at radius 1 is 1.29 bits per heavy atom. The number of likely N-dealkylation sites (tertiary alicyclic amines) is 1. The van der Waals surface area contributed by atoms with E-state index in [2.05, 4.69) is 19.0 Å². The zero-order chi connectivity index (χ0) is 17.5. The van der Waals surface area contributed by atoms with Gasteiger partial charge in [0.25, 0.3) is 5.91 Å². The molecule has 1 aromatic carbocycles. The summed E-state index contributed by atoms with van der Waals surface area (Å²) >= 11 is 0. The van der Waals surface area contributed by atoms with Gasteiger partial charge >= 0.3 is 0 Å². The van der Waals surface area contributed by atoms with Crippen LogP contribution >= 0.6 is 0 Å². The molecule has 1 fully saturated rings. The van der Waals surface area contributed by atoms with E-state index in [1.165, 1.54) is 6.42 Å². The predicted molar refractivity (Wildman–Crippen MR) is 95.4 cm³/mol. The Labute approximate surface area is 144 Å². The Morgan fingerprint density at radius 3 is 2.62 bits per heavy atom. The van der Waals surface area contributed by atoms with Crippen LogP contribution in [-0.4, -0.2) is 41.8 Å². The third-order valence-corrected chi connectivity index (χ3v) is 4.22. The highest BCUT2D eigenvalue weighted by Gasteiger charge is 2.28. The van der Waals surface area contributed by atoms with E-state index in [0.29, 0.717) is 0 Å². The summed E-state index contributed by atoms with van der Waals surface area (Å²) in [4.78, 5) is 19.5. The van der Waals surface area contributed by atoms with Gasteiger partial charge in [-0.05, 0) is 59.1 Å². The molecule has 0 radical (unpaired) electrons. The minimum Gasteiger partial charge on any atom is -0.490 e. The number of hydrogen-bond donors (Lipinski definition) is 0. The molecule has 0 bridgehead atoms. The van der Waals surface area contributed by atoms with Crippen LogP contribution in [0.5, 0.6) is 5.75 Å². The van der Waals surface area contributed by atoms with Crippen molar-refractivity contribution in [2.24, 2.45) is 5.16 Å². The van der Waals surface area contributed by atoms with Gasteiger partial charge in [-0.3, -0.25) is 4.79 Å². The molecule has 132 valence electrons. The number of hydrogen-bond acceptors (Lipinski definition) is 4. The third kappa shape index (κ3) is 4.98. The number of carbonyl (C=O) groups excluding carboxylic acids is 1. The second-order valence-electron chi connectivity index (χ2n) is 6.64. The SMILES string of the molecule is CC(C)Oc1ccccc1C=NOCC(=O)N1C(C)CCCC1C. The van der Waals surface area contributed by atoms with Crippen molar-refractivity contribution in [3.05, 3.63) is 29.8 Å². The van der Waals surface area contributed by atoms with E-state index in [-0.39, 0.29) is 30.7 Å². The molecule has 0 spiro atoms. The molecule has 5 nitrogen and oxygen atoms in total. The van der Waals surface area contributed by atoms with Crippen molar-refractivity contribution in [1.29, 1.82) is 0 Å². The van der Waals surface area contributed by atoms with E-state index < -0.39 is 0 Å². The van der Waals surface area contributed by atoms with Gasteiger partial charge in [0.2, 0.25) is 0 Å². The monoisotopic (exact) mass is 332 g/mol. The summed E-state index contributed by atoms with van der Waals surface area (Å²) in [5.74, 6) is 0.753. The van der Waals surface area contributed by atoms with Crippen LogP contribution in [0.25, 0.3) is 0 Å². The van der Waals surface area contributed by atoms with Gasteiger partial charge in [0.15, 0.2) is 6.61 Å². The van der Waals surface area contributed by atoms with Gasteiger partial charge in [-0.15, -0.1) is 0 Å². The first-order chi connectivity index (χ1) is 11.5. The first-order valence-corrected chi connectivity index (χ1v) is 8.71. The first-order valence-electron chi connectivity index (χ1n) is 8.71. The maximum atomic E-state index is 12.3. The number of rotatable bonds is 6. The van der Waals surface area contributed by atoms with E-state index in [1.54, 1.807) is 6.21 Å². The van der Waals surface area contributed by atoms with Crippen LogP contribution in [0.3, 0.4) is 0 Å². The molecule has 1 saturated heterocycles. The molecule has 0 aliphatic carbocycles. The second-order valence-corrected chi connectivity index (χ2v) is 6.64. The lowest BCUT2D eigenvalue weighted by atomic mass is 9.97. The molecule has 0 N–H and O–H groups in total. The Kier molecular flexibility index (Phi) is 6.64. The van der Waals surface area contributed by atoms with Gasteiger partial charge in [0.05, 0.1) is 12.3 Å². The highest BCUT2D eigenvalue weighted by molar-refractivity contribution is 5.83. The predicted octanol–water partition coefficient (Wildman–Crippen LogP) is 3.61. The molecule has 5 heteroatoms. The van der Waals surface area contributed by atoms with E-state index >= 15 is 0 Å². The smallest absolute Gasteiger partial charge is 0.263 e. The van der Waals surface area contributed by atoms with E-state index in [9.17, 15) is 4.79 Å². The van der Waals surface area contributed by atoms with Gasteiger partial charge in [-0.1, -0.05) is 17.3 Å². The normalized spacial score (nSPS) is 21.3. The lowest BCUT2D eigenvalue weighted by Gasteiger charge is -2.38. The van der Waals surface area contributed by atoms with Gasteiger partial charge in [0.1, 0.15) is 5.75 Å². The molecule has 1 heterocycles. The molecule has 1 aliphatic rings. The van der Waals surface area contributed by atoms with Crippen LogP contribution in [0.4, 0.5) is 0 Å². The van der Waals surface area contributed by atoms with Crippen molar-refractivity contribution in [3.63, 3.8) is 0 Å². The van der Waals surface area contributed by atoms with Crippen LogP contribution in [0.1, 0.15) is 52.5 Å². The fourth-order valence-corrected chi connectivity index (χ4v) is 3.12. The van der Waals surface area contributed by atoms with Crippen molar-refractivity contribution in [1.82, 2.24) is 4.90 Å². The van der Waals surface area contributed by atoms with Crippen molar-refractivity contribution in [2.75, 3.05) is 6.61 Å². The van der Waals surface area contributed by atoms with Crippen LogP contribution in [0.2, 0.25) is 0 Å². The number of piperidine rings is 1. The minimum absolute atomic E-state index is 0.00133. The summed E-state index contributed by atoms with van der Waals surface area (Å²) in [5.41, 5.74) is 0.832. The molecule has 2 rings (SSSR count). The van der Waals surface area contributed by atoms with Gasteiger partial charge in [0, 0.05) is 17.6 Å². The van der Waals surface area contributed by atoms with E-state index in [0.717, 1.165) is 24.2 Å². The molecular formula is C19H28N2O3. The number of ether oxygens (including phenoxy) is 1. The Bertz CT molecular complexity index is 561. The van der Waals surface area contributed by atoms with Crippen molar-refractivity contribution in [2.45, 2.75) is 65.1 Å². The molecule has 1 amide bonds. The third-order valence-electron chi connectivity index (χ3n) is 4.22. The van der Waals surface area contributed by atoms with Crippen molar-refractivity contribution >= 4 is 12.1 Å². The molecule has 2 atom stereocenters. The average molecular weight is 332 g/mol. The topological polar surface area (TPSA) is 51.1 Å². The van der Waals surface area contributed by atoms with Gasteiger partial charge in [-0.25, -0.2) is 0 Å². The number of para-hydroxylation sites is 1. The standard InChI is InChI=1S/C19H28N2O3/c1-14(2)24-18-11-6-5-10-17(18)12-20-23-13-19(22)21-15(3)8-7-9-16(21)4/h5-6,10-12,14-16H,7-9,13H2,1-4H3. The fraction of sp³-hybridized carbons (Fsp3) is 0.579. The molecule has 1 aliphatic heterocycles. The van der Waals surface area contributed by atoms with Gasteiger partial charge < -0.3 is 14.5 Å². The van der Waals surface area contributed by atoms with E-state index in [1.807, 2.05) is 43.0 Å². The summed E-state index contributed by atoms with van der Waals surface area (Å²) in [6.45, 7) is 8.11. The Hall–Kier alpha value is -2.04. The zero-order valence-electron chi connectivity index (χ0n) is 15.1. The Balaban J connectivity index is 1.89. The number of carbonyl (C=O) groups is 1. The van der Waals surface area contributed by atoms with Crippen LogP contribution in [-0.2, 0) is 9.63 Å². The maximum Gasteiger partial charge on any atom is 0.263 e. The second kappa shape index (κ2) is 8.71. The summed E-state index contributed by atoms with van der Waals surface area (Å²) < 4.78 is 5.72. The number of benzene rings is 1. The van der Waals surface area contributed by atoms with Crippen LogP contribution < -0.4 is 4.74 Å². The number of amides is 1. The lowest BCUT2D eigenvalue weighted by molar-refractivity contribution is -0.142. The highest BCUT2D eigenvalue weighted by Crippen LogP contribution is 2.22. The summed E-state index contributed by atoms with van der Waals surface area (Å²) in [7, 11) is 0. The molecule has 24 heavy (non-hydrogen) atoms. The highest BCUT2D eigenvalue weighted by atomic mass is 16.6. The quantitative estimate of drug-likeness (QED) is 0.590. The fourth-order valence-electron chi connectivity index (χ4n) is 3.12. The summed E-state index contributed by atoms with van der Waals surface area (Å²) in [6.07, 6.45) is 4.97. The lowest BCUT2D eigenvalue weighted by Crippen LogP contribution is -2.48. The first kappa shape index (κ1) is 18.3.